The van der Waals surface area contributed by atoms with E-state index in [4.69, 9.17) is 0 Å². The van der Waals surface area contributed by atoms with Crippen molar-refractivity contribution >= 4 is 15.9 Å². The Hall–Kier alpha value is -0.510. The quantitative estimate of drug-likeness (QED) is 0.722. The Bertz CT molecular complexity index is 324. The van der Waals surface area contributed by atoms with Crippen molar-refractivity contribution < 1.29 is 0 Å². The van der Waals surface area contributed by atoms with E-state index in [1.807, 2.05) is 17.0 Å². The molecule has 0 atom stereocenters. The molecule has 0 amide bonds. The van der Waals surface area contributed by atoms with Crippen molar-refractivity contribution in [2.75, 3.05) is 5.33 Å². The average Bonchev–Trinajstić information content (AvgIpc) is 2.82. The second-order valence-corrected chi connectivity index (χ2v) is 3.89. The van der Waals surface area contributed by atoms with Gasteiger partial charge in [-0.05, 0) is 12.8 Å². The van der Waals surface area contributed by atoms with Crippen molar-refractivity contribution in [3.8, 4) is 0 Å². The third-order valence-electron chi connectivity index (χ3n) is 2.14. The van der Waals surface area contributed by atoms with E-state index in [0.29, 0.717) is 6.04 Å². The summed E-state index contributed by atoms with van der Waals surface area (Å²) in [6.07, 6.45) is 6.08. The van der Waals surface area contributed by atoms with Crippen LogP contribution in [0.4, 0.5) is 0 Å². The van der Waals surface area contributed by atoms with E-state index in [1.54, 1.807) is 4.57 Å². The van der Waals surface area contributed by atoms with E-state index in [0.717, 1.165) is 24.7 Å². The molecule has 0 unspecified atom stereocenters. The summed E-state index contributed by atoms with van der Waals surface area (Å²) in [4.78, 5) is 11.5. The number of hydrogen-bond acceptors (Lipinski definition) is 1. The van der Waals surface area contributed by atoms with Crippen molar-refractivity contribution in [3.05, 3.63) is 22.9 Å². The van der Waals surface area contributed by atoms with Crippen LogP contribution < -0.4 is 5.69 Å². The summed E-state index contributed by atoms with van der Waals surface area (Å²) in [6.45, 7) is 0.762. The van der Waals surface area contributed by atoms with Crippen LogP contribution in [-0.2, 0) is 6.54 Å². The van der Waals surface area contributed by atoms with Gasteiger partial charge in [-0.15, -0.1) is 0 Å². The summed E-state index contributed by atoms with van der Waals surface area (Å²) < 4.78 is 3.58. The summed E-state index contributed by atoms with van der Waals surface area (Å²) >= 11 is 3.31. The lowest BCUT2D eigenvalue weighted by Gasteiger charge is -1.96. The van der Waals surface area contributed by atoms with E-state index < -0.39 is 0 Å². The third kappa shape index (κ3) is 1.35. The second kappa shape index (κ2) is 3.09. The van der Waals surface area contributed by atoms with Crippen LogP contribution in [0.1, 0.15) is 18.9 Å². The minimum atomic E-state index is 0.136. The molecule has 0 radical (unpaired) electrons. The zero-order valence-electron chi connectivity index (χ0n) is 6.74. The first kappa shape index (κ1) is 8.10. The number of nitrogens with zero attached hydrogens (tertiary/aromatic N) is 2. The predicted octanol–water partition coefficient (Wildman–Crippen LogP) is 1.38. The molecule has 1 saturated carbocycles. The van der Waals surface area contributed by atoms with E-state index in [2.05, 4.69) is 15.9 Å². The Morgan fingerprint density at radius 1 is 1.50 bits per heavy atom. The van der Waals surface area contributed by atoms with Crippen LogP contribution in [0.2, 0.25) is 0 Å². The van der Waals surface area contributed by atoms with Gasteiger partial charge in [-0.25, -0.2) is 4.79 Å². The largest absolute Gasteiger partial charge is 0.328 e. The van der Waals surface area contributed by atoms with Crippen molar-refractivity contribution in [3.63, 3.8) is 0 Å². The van der Waals surface area contributed by atoms with Crippen LogP contribution >= 0.6 is 15.9 Å². The summed E-state index contributed by atoms with van der Waals surface area (Å²) in [5.41, 5.74) is 0.136. The SMILES string of the molecule is O=c1n(CCBr)ccn1C1CC1. The maximum atomic E-state index is 11.5. The van der Waals surface area contributed by atoms with Gasteiger partial charge in [-0.1, -0.05) is 15.9 Å². The molecule has 2 rings (SSSR count). The van der Waals surface area contributed by atoms with Crippen LogP contribution in [0.15, 0.2) is 17.2 Å². The highest BCUT2D eigenvalue weighted by Gasteiger charge is 2.25. The Morgan fingerprint density at radius 3 is 2.83 bits per heavy atom. The molecule has 0 aromatic carbocycles. The molecule has 1 fully saturated rings. The number of hydrogen-bond donors (Lipinski definition) is 0. The molecule has 0 N–H and O–H groups in total. The molecule has 0 bridgehead atoms. The number of aryl methyl sites for hydroxylation is 1. The van der Waals surface area contributed by atoms with Crippen molar-refractivity contribution in [1.29, 1.82) is 0 Å². The Kier molecular flexibility index (Phi) is 2.09. The van der Waals surface area contributed by atoms with E-state index in [-0.39, 0.29) is 5.69 Å². The van der Waals surface area contributed by atoms with Crippen LogP contribution in [-0.4, -0.2) is 14.5 Å². The average molecular weight is 231 g/mol. The Labute approximate surface area is 79.1 Å². The fourth-order valence-corrected chi connectivity index (χ4v) is 1.70. The van der Waals surface area contributed by atoms with Gasteiger partial charge >= 0.3 is 5.69 Å². The van der Waals surface area contributed by atoms with Crippen LogP contribution in [0.5, 0.6) is 0 Å². The minimum Gasteiger partial charge on any atom is -0.298 e. The number of rotatable bonds is 3. The fraction of sp³-hybridized carbons (Fsp3) is 0.625. The van der Waals surface area contributed by atoms with Gasteiger partial charge in [0.2, 0.25) is 0 Å². The van der Waals surface area contributed by atoms with E-state index in [9.17, 15) is 4.79 Å². The molecule has 0 saturated heterocycles. The van der Waals surface area contributed by atoms with Gasteiger partial charge in [0.1, 0.15) is 0 Å². The highest BCUT2D eigenvalue weighted by molar-refractivity contribution is 9.09. The summed E-state index contributed by atoms with van der Waals surface area (Å²) in [5, 5.41) is 0.835. The normalized spacial score (nSPS) is 16.8. The first-order chi connectivity index (χ1) is 5.83. The number of alkyl halides is 1. The molecule has 1 aliphatic carbocycles. The molecule has 12 heavy (non-hydrogen) atoms. The lowest BCUT2D eigenvalue weighted by atomic mass is 10.7. The second-order valence-electron chi connectivity index (χ2n) is 3.10. The molecule has 1 aromatic heterocycles. The zero-order valence-corrected chi connectivity index (χ0v) is 8.33. The summed E-state index contributed by atoms with van der Waals surface area (Å²) in [6, 6.07) is 0.495. The Morgan fingerprint density at radius 2 is 2.25 bits per heavy atom. The molecule has 0 aliphatic heterocycles. The van der Waals surface area contributed by atoms with Gasteiger partial charge in [0.15, 0.2) is 0 Å². The molecular formula is C8H11BrN2O. The van der Waals surface area contributed by atoms with Gasteiger partial charge in [0.25, 0.3) is 0 Å². The molecule has 0 spiro atoms. The molecule has 3 nitrogen and oxygen atoms in total. The van der Waals surface area contributed by atoms with Gasteiger partial charge in [0.05, 0.1) is 0 Å². The van der Waals surface area contributed by atoms with E-state index >= 15 is 0 Å². The molecule has 1 aromatic rings. The van der Waals surface area contributed by atoms with Gasteiger partial charge < -0.3 is 0 Å². The van der Waals surface area contributed by atoms with Crippen molar-refractivity contribution in [1.82, 2.24) is 9.13 Å². The minimum absolute atomic E-state index is 0.136. The van der Waals surface area contributed by atoms with Crippen LogP contribution in [0.3, 0.4) is 0 Å². The summed E-state index contributed by atoms with van der Waals surface area (Å²) in [5.74, 6) is 0. The van der Waals surface area contributed by atoms with Crippen LogP contribution in [0.25, 0.3) is 0 Å². The van der Waals surface area contributed by atoms with Crippen LogP contribution in [0, 0.1) is 0 Å². The topological polar surface area (TPSA) is 26.9 Å². The number of imidazole rings is 1. The van der Waals surface area contributed by atoms with Crippen molar-refractivity contribution in [2.24, 2.45) is 0 Å². The molecule has 4 heteroatoms. The van der Waals surface area contributed by atoms with Crippen molar-refractivity contribution in [2.45, 2.75) is 25.4 Å². The first-order valence-electron chi connectivity index (χ1n) is 4.16. The monoisotopic (exact) mass is 230 g/mol. The maximum Gasteiger partial charge on any atom is 0.328 e. The first-order valence-corrected chi connectivity index (χ1v) is 5.28. The highest BCUT2D eigenvalue weighted by atomic mass is 79.9. The lowest BCUT2D eigenvalue weighted by Crippen LogP contribution is -2.23. The van der Waals surface area contributed by atoms with Gasteiger partial charge in [-0.3, -0.25) is 9.13 Å². The Balaban J connectivity index is 2.27. The smallest absolute Gasteiger partial charge is 0.298 e. The molecule has 1 heterocycles. The van der Waals surface area contributed by atoms with E-state index in [1.165, 1.54) is 0 Å². The van der Waals surface area contributed by atoms with Gasteiger partial charge in [0, 0.05) is 30.3 Å². The molecule has 1 aliphatic rings. The highest BCUT2D eigenvalue weighted by Crippen LogP contribution is 2.33. The third-order valence-corrected chi connectivity index (χ3v) is 2.49. The maximum absolute atomic E-state index is 11.5. The molecule has 66 valence electrons. The number of halogens is 1. The standard InChI is InChI=1S/C8H11BrN2O/c9-3-4-10-5-6-11(8(10)12)7-1-2-7/h5-7H,1-4H2. The summed E-state index contributed by atoms with van der Waals surface area (Å²) in [7, 11) is 0. The van der Waals surface area contributed by atoms with Gasteiger partial charge in [-0.2, -0.15) is 0 Å². The zero-order chi connectivity index (χ0) is 8.55. The lowest BCUT2D eigenvalue weighted by molar-refractivity contribution is 0.649. The molecular weight excluding hydrogens is 220 g/mol. The number of aromatic nitrogens is 2. The predicted molar refractivity (Wildman–Crippen MR) is 50.8 cm³/mol. The fourth-order valence-electron chi connectivity index (χ4n) is 1.32.